The van der Waals surface area contributed by atoms with Crippen LogP contribution in [0.25, 0.3) is 0 Å². The number of nitrogens with zero attached hydrogens (tertiary/aromatic N) is 2. The number of nitrogens with one attached hydrogen (secondary N) is 1. The van der Waals surface area contributed by atoms with E-state index in [-0.39, 0.29) is 11.9 Å². The van der Waals surface area contributed by atoms with Gasteiger partial charge in [-0.25, -0.2) is 4.79 Å². The van der Waals surface area contributed by atoms with Crippen LogP contribution in [-0.4, -0.2) is 66.7 Å². The van der Waals surface area contributed by atoms with Crippen LogP contribution in [0.3, 0.4) is 0 Å². The van der Waals surface area contributed by atoms with Crippen molar-refractivity contribution in [2.75, 3.05) is 33.7 Å². The summed E-state index contributed by atoms with van der Waals surface area (Å²) < 4.78 is 0. The molecule has 1 aliphatic heterocycles. The van der Waals surface area contributed by atoms with Gasteiger partial charge in [-0.2, -0.15) is 0 Å². The maximum atomic E-state index is 11.9. The fraction of sp³-hybridized carbons (Fsp3) is 0.846. The lowest BCUT2D eigenvalue weighted by atomic mass is 10.1. The lowest BCUT2D eigenvalue weighted by Crippen LogP contribution is -2.41. The second-order valence-corrected chi connectivity index (χ2v) is 5.47. The standard InChI is InChI=1S/C13H25N3O3/c1-10(12(17)18)5-4-7-14-13(19)16-8-6-11(9-16)15(2)3/h10-11H,4-9H2,1-3H3,(H,14,19)(H,17,18). The van der Waals surface area contributed by atoms with Crippen LogP contribution in [0.15, 0.2) is 0 Å². The zero-order valence-corrected chi connectivity index (χ0v) is 12.1. The van der Waals surface area contributed by atoms with E-state index in [1.165, 1.54) is 0 Å². The number of carboxylic acid groups (broad SMARTS) is 1. The topological polar surface area (TPSA) is 72.9 Å². The number of amides is 2. The highest BCUT2D eigenvalue weighted by molar-refractivity contribution is 5.74. The third kappa shape index (κ3) is 5.06. The summed E-state index contributed by atoms with van der Waals surface area (Å²) >= 11 is 0. The van der Waals surface area contributed by atoms with Crippen molar-refractivity contribution >= 4 is 12.0 Å². The van der Waals surface area contributed by atoms with Gasteiger partial charge in [-0.15, -0.1) is 0 Å². The van der Waals surface area contributed by atoms with Crippen LogP contribution in [0.1, 0.15) is 26.2 Å². The molecule has 0 aromatic heterocycles. The van der Waals surface area contributed by atoms with Gasteiger partial charge < -0.3 is 20.2 Å². The quantitative estimate of drug-likeness (QED) is 0.702. The van der Waals surface area contributed by atoms with Crippen molar-refractivity contribution in [3.63, 3.8) is 0 Å². The molecule has 2 amide bonds. The molecule has 0 aromatic rings. The molecule has 6 nitrogen and oxygen atoms in total. The van der Waals surface area contributed by atoms with Crippen LogP contribution >= 0.6 is 0 Å². The first-order chi connectivity index (χ1) is 8.91. The van der Waals surface area contributed by atoms with Crippen LogP contribution in [-0.2, 0) is 4.79 Å². The molecule has 1 heterocycles. The van der Waals surface area contributed by atoms with E-state index in [2.05, 4.69) is 10.2 Å². The average molecular weight is 271 g/mol. The van der Waals surface area contributed by atoms with E-state index in [4.69, 9.17) is 5.11 Å². The van der Waals surface area contributed by atoms with E-state index in [1.807, 2.05) is 19.0 Å². The molecule has 2 unspecified atom stereocenters. The van der Waals surface area contributed by atoms with E-state index >= 15 is 0 Å². The monoisotopic (exact) mass is 271 g/mol. The summed E-state index contributed by atoms with van der Waals surface area (Å²) in [5, 5.41) is 11.6. The fourth-order valence-corrected chi connectivity index (χ4v) is 2.19. The number of carbonyl (C=O) groups excluding carboxylic acids is 1. The molecule has 1 rings (SSSR count). The molecule has 0 radical (unpaired) electrons. The minimum atomic E-state index is -0.778. The Bertz CT molecular complexity index is 320. The third-order valence-corrected chi connectivity index (χ3v) is 3.69. The van der Waals surface area contributed by atoms with Gasteiger partial charge in [0, 0.05) is 25.7 Å². The van der Waals surface area contributed by atoms with Gasteiger partial charge in [0.15, 0.2) is 0 Å². The van der Waals surface area contributed by atoms with Crippen LogP contribution in [0, 0.1) is 5.92 Å². The molecule has 6 heteroatoms. The first-order valence-corrected chi connectivity index (χ1v) is 6.83. The lowest BCUT2D eigenvalue weighted by Gasteiger charge is -2.20. The summed E-state index contributed by atoms with van der Waals surface area (Å²) in [7, 11) is 4.05. The molecule has 0 aromatic carbocycles. The number of rotatable bonds is 6. The van der Waals surface area contributed by atoms with Crippen molar-refractivity contribution in [2.24, 2.45) is 5.92 Å². The van der Waals surface area contributed by atoms with Gasteiger partial charge in [0.25, 0.3) is 0 Å². The Morgan fingerprint density at radius 3 is 2.68 bits per heavy atom. The molecule has 1 fully saturated rings. The van der Waals surface area contributed by atoms with Crippen LogP contribution in [0.2, 0.25) is 0 Å². The van der Waals surface area contributed by atoms with E-state index in [1.54, 1.807) is 6.92 Å². The molecule has 1 aliphatic rings. The Balaban J connectivity index is 2.17. The normalized spacial score (nSPS) is 20.6. The predicted molar refractivity (Wildman–Crippen MR) is 73.1 cm³/mol. The van der Waals surface area contributed by atoms with Crippen LogP contribution in [0.4, 0.5) is 4.79 Å². The van der Waals surface area contributed by atoms with E-state index in [0.29, 0.717) is 25.4 Å². The highest BCUT2D eigenvalue weighted by atomic mass is 16.4. The molecule has 0 spiro atoms. The molecule has 0 saturated carbocycles. The van der Waals surface area contributed by atoms with Crippen LogP contribution < -0.4 is 5.32 Å². The Morgan fingerprint density at radius 2 is 2.16 bits per heavy atom. The van der Waals surface area contributed by atoms with Crippen LogP contribution in [0.5, 0.6) is 0 Å². The summed E-state index contributed by atoms with van der Waals surface area (Å²) in [4.78, 5) is 26.5. The number of carbonyl (C=O) groups is 2. The number of likely N-dealkylation sites (N-methyl/N-ethyl adjacent to an activating group) is 1. The van der Waals surface area contributed by atoms with Gasteiger partial charge in [-0.05, 0) is 33.4 Å². The van der Waals surface area contributed by atoms with Gasteiger partial charge in [0.1, 0.15) is 0 Å². The summed E-state index contributed by atoms with van der Waals surface area (Å²) in [5.74, 6) is -1.12. The fourth-order valence-electron chi connectivity index (χ4n) is 2.19. The average Bonchev–Trinajstić information content (AvgIpc) is 2.83. The highest BCUT2D eigenvalue weighted by Crippen LogP contribution is 2.13. The molecule has 0 bridgehead atoms. The maximum Gasteiger partial charge on any atom is 0.317 e. The molecule has 2 atom stereocenters. The lowest BCUT2D eigenvalue weighted by molar-refractivity contribution is -0.141. The number of aliphatic carboxylic acids is 1. The molecule has 2 N–H and O–H groups in total. The zero-order chi connectivity index (χ0) is 14.4. The van der Waals surface area contributed by atoms with Gasteiger partial charge >= 0.3 is 12.0 Å². The Kier molecular flexibility index (Phi) is 6.08. The second-order valence-electron chi connectivity index (χ2n) is 5.47. The molecule has 0 aliphatic carbocycles. The SMILES string of the molecule is CC(CCCNC(=O)N1CCC(N(C)C)C1)C(=O)O. The first-order valence-electron chi connectivity index (χ1n) is 6.83. The smallest absolute Gasteiger partial charge is 0.317 e. The Hall–Kier alpha value is -1.30. The first kappa shape index (κ1) is 15.8. The van der Waals surface area contributed by atoms with E-state index < -0.39 is 5.97 Å². The zero-order valence-electron chi connectivity index (χ0n) is 12.1. The Labute approximate surface area is 114 Å². The van der Waals surface area contributed by atoms with Crippen molar-refractivity contribution < 1.29 is 14.7 Å². The van der Waals surface area contributed by atoms with Gasteiger partial charge in [-0.3, -0.25) is 4.79 Å². The summed E-state index contributed by atoms with van der Waals surface area (Å²) in [6, 6.07) is 0.408. The minimum absolute atomic E-state index is 0.0349. The highest BCUT2D eigenvalue weighted by Gasteiger charge is 2.27. The number of likely N-dealkylation sites (tertiary alicyclic amines) is 1. The number of urea groups is 1. The van der Waals surface area contributed by atoms with Gasteiger partial charge in [-0.1, -0.05) is 6.92 Å². The summed E-state index contributed by atoms with van der Waals surface area (Å²) in [6.07, 6.45) is 2.30. The number of hydrogen-bond donors (Lipinski definition) is 2. The van der Waals surface area contributed by atoms with Gasteiger partial charge in [0.2, 0.25) is 0 Å². The summed E-state index contributed by atoms with van der Waals surface area (Å²) in [6.45, 7) is 3.79. The molecular weight excluding hydrogens is 246 g/mol. The molecule has 19 heavy (non-hydrogen) atoms. The van der Waals surface area contributed by atoms with Crippen molar-refractivity contribution in [1.82, 2.24) is 15.1 Å². The molecular formula is C13H25N3O3. The third-order valence-electron chi connectivity index (χ3n) is 3.69. The van der Waals surface area contributed by atoms with E-state index in [9.17, 15) is 9.59 Å². The van der Waals surface area contributed by atoms with Crippen molar-refractivity contribution in [3.05, 3.63) is 0 Å². The van der Waals surface area contributed by atoms with Gasteiger partial charge in [0.05, 0.1) is 5.92 Å². The Morgan fingerprint density at radius 1 is 1.47 bits per heavy atom. The molecule has 1 saturated heterocycles. The van der Waals surface area contributed by atoms with Crippen molar-refractivity contribution in [2.45, 2.75) is 32.2 Å². The summed E-state index contributed by atoms with van der Waals surface area (Å²) in [5.41, 5.74) is 0. The number of carboxylic acids is 1. The minimum Gasteiger partial charge on any atom is -0.481 e. The van der Waals surface area contributed by atoms with Crippen molar-refractivity contribution in [1.29, 1.82) is 0 Å². The maximum absolute atomic E-state index is 11.9. The molecule has 110 valence electrons. The number of hydrogen-bond acceptors (Lipinski definition) is 3. The predicted octanol–water partition coefficient (Wildman–Crippen LogP) is 0.833. The second kappa shape index (κ2) is 7.33. The van der Waals surface area contributed by atoms with Crippen molar-refractivity contribution in [3.8, 4) is 0 Å². The van der Waals surface area contributed by atoms with E-state index in [0.717, 1.165) is 19.5 Å². The largest absolute Gasteiger partial charge is 0.481 e.